The van der Waals surface area contributed by atoms with Crippen molar-refractivity contribution < 1.29 is 35.9 Å². The van der Waals surface area contributed by atoms with Crippen LogP contribution in [0.2, 0.25) is 15.1 Å². The van der Waals surface area contributed by atoms with Gasteiger partial charge in [-0.1, -0.05) is 40.9 Å². The van der Waals surface area contributed by atoms with Gasteiger partial charge in [0.2, 0.25) is 0 Å². The highest BCUT2D eigenvalue weighted by Crippen LogP contribution is 2.50. The number of primary amides is 1. The molecule has 2 N–H and O–H groups in total. The first-order valence-electron chi connectivity index (χ1n) is 9.25. The van der Waals surface area contributed by atoms with Gasteiger partial charge in [-0.25, -0.2) is 4.79 Å². The molecule has 3 rings (SSSR count). The zero-order valence-electron chi connectivity index (χ0n) is 16.5. The summed E-state index contributed by atoms with van der Waals surface area (Å²) in [5, 5.41) is -0.434. The Balaban J connectivity index is 2.02. The van der Waals surface area contributed by atoms with Gasteiger partial charge in [-0.05, 0) is 36.2 Å². The van der Waals surface area contributed by atoms with E-state index in [1.54, 1.807) is 0 Å². The van der Waals surface area contributed by atoms with Crippen LogP contribution in [0, 0.1) is 0 Å². The van der Waals surface area contributed by atoms with Crippen molar-refractivity contribution in [2.24, 2.45) is 5.73 Å². The zero-order valence-corrected chi connectivity index (χ0v) is 18.7. The molecule has 1 amide bonds. The van der Waals surface area contributed by atoms with Gasteiger partial charge in [0, 0.05) is 24.3 Å². The Labute approximate surface area is 199 Å². The third kappa shape index (κ3) is 5.07. The number of ether oxygens (including phenoxy) is 1. The van der Waals surface area contributed by atoms with E-state index in [1.165, 1.54) is 11.0 Å². The fourth-order valence-corrected chi connectivity index (χ4v) is 4.39. The molecule has 1 aliphatic heterocycles. The number of halogens is 9. The van der Waals surface area contributed by atoms with Gasteiger partial charge >= 0.3 is 18.4 Å². The van der Waals surface area contributed by atoms with Crippen LogP contribution in [-0.2, 0) is 22.9 Å². The maximum absolute atomic E-state index is 14.3. The second-order valence-corrected chi connectivity index (χ2v) is 8.64. The van der Waals surface area contributed by atoms with Crippen LogP contribution in [0.15, 0.2) is 30.3 Å². The van der Waals surface area contributed by atoms with E-state index in [4.69, 9.17) is 40.5 Å². The lowest BCUT2D eigenvalue weighted by molar-refractivity contribution is -0.184. The monoisotopic (exact) mass is 534 g/mol. The summed E-state index contributed by atoms with van der Waals surface area (Å²) in [6.45, 7) is -1.59. The van der Waals surface area contributed by atoms with Crippen LogP contribution in [-0.4, -0.2) is 25.4 Å². The summed E-state index contributed by atoms with van der Waals surface area (Å²) in [6.07, 6.45) is -11.3. The Bertz CT molecular complexity index is 1050. The molecule has 1 saturated heterocycles. The summed E-state index contributed by atoms with van der Waals surface area (Å²) >= 11 is 17.7. The molecule has 0 spiro atoms. The van der Waals surface area contributed by atoms with Crippen LogP contribution in [0.4, 0.5) is 36.8 Å². The number of anilines is 1. The Kier molecular flexibility index (Phi) is 6.94. The predicted octanol–water partition coefficient (Wildman–Crippen LogP) is 6.97. The number of amides is 1. The van der Waals surface area contributed by atoms with Gasteiger partial charge in [0.1, 0.15) is 12.0 Å². The smallest absolute Gasteiger partial charge is 0.416 e. The molecule has 13 heteroatoms. The van der Waals surface area contributed by atoms with Crippen molar-refractivity contribution in [2.45, 2.75) is 30.8 Å². The number of hydrogen-bond donors (Lipinski definition) is 1. The van der Waals surface area contributed by atoms with E-state index in [1.807, 2.05) is 0 Å². The summed E-state index contributed by atoms with van der Waals surface area (Å²) in [7, 11) is 0. The third-order valence-corrected chi connectivity index (χ3v) is 6.68. The topological polar surface area (TPSA) is 55.6 Å². The Morgan fingerprint density at radius 3 is 2.18 bits per heavy atom. The number of nitrogens with zero attached hydrogens (tertiary/aromatic N) is 1. The van der Waals surface area contributed by atoms with Gasteiger partial charge in [0.25, 0.3) is 0 Å². The molecule has 0 aliphatic carbocycles. The summed E-state index contributed by atoms with van der Waals surface area (Å²) < 4.78 is 88.0. The number of carbonyl (C=O) groups excluding carboxylic acids is 1. The maximum Gasteiger partial charge on any atom is 0.416 e. The van der Waals surface area contributed by atoms with Crippen molar-refractivity contribution in [1.82, 2.24) is 0 Å². The van der Waals surface area contributed by atoms with Crippen LogP contribution >= 0.6 is 34.8 Å². The summed E-state index contributed by atoms with van der Waals surface area (Å²) in [4.78, 5) is 11.9. The molecule has 0 radical (unpaired) electrons. The SMILES string of the molecule is NC(=O)OCc1ccc(N2CCC(c3cc(Cl)c(Cl)c(Cl)c3)(C(F)(F)F)C2)cc1C(F)(F)F. The molecule has 1 aliphatic rings. The minimum Gasteiger partial charge on any atom is -0.445 e. The second-order valence-electron chi connectivity index (χ2n) is 7.45. The number of hydrogen-bond acceptors (Lipinski definition) is 3. The van der Waals surface area contributed by atoms with Crippen molar-refractivity contribution in [3.8, 4) is 0 Å². The van der Waals surface area contributed by atoms with E-state index in [2.05, 4.69) is 4.74 Å². The second kappa shape index (κ2) is 8.96. The molecule has 4 nitrogen and oxygen atoms in total. The summed E-state index contributed by atoms with van der Waals surface area (Å²) in [6, 6.07) is 5.11. The van der Waals surface area contributed by atoms with E-state index in [9.17, 15) is 31.1 Å². The molecule has 0 aromatic heterocycles. The molecule has 2 aromatic carbocycles. The van der Waals surface area contributed by atoms with Gasteiger partial charge in [0.05, 0.1) is 20.6 Å². The molecule has 0 saturated carbocycles. The van der Waals surface area contributed by atoms with E-state index < -0.39 is 49.0 Å². The fraction of sp³-hybridized carbons (Fsp3) is 0.350. The highest BCUT2D eigenvalue weighted by molar-refractivity contribution is 6.48. The van der Waals surface area contributed by atoms with Crippen LogP contribution in [0.1, 0.15) is 23.1 Å². The Morgan fingerprint density at radius 1 is 1.06 bits per heavy atom. The van der Waals surface area contributed by atoms with E-state index in [0.717, 1.165) is 18.2 Å². The average Bonchev–Trinajstić information content (AvgIpc) is 3.16. The standard InChI is InChI=1S/C20H15Cl3F6N2O2/c21-14-5-11(6-15(22)16(14)23)18(20(27,28)29)3-4-31(9-18)12-2-1-10(8-33-17(30)32)13(7-12)19(24,25)26/h1-2,5-7H,3-4,8-9H2,(H2,30,32). The molecular weight excluding hydrogens is 521 g/mol. The zero-order chi connectivity index (χ0) is 24.8. The summed E-state index contributed by atoms with van der Waals surface area (Å²) in [5.41, 5.74) is 0.514. The normalized spacial score (nSPS) is 19.1. The first-order valence-corrected chi connectivity index (χ1v) is 10.4. The molecule has 1 atom stereocenters. The van der Waals surface area contributed by atoms with Crippen molar-refractivity contribution in [2.75, 3.05) is 18.0 Å². The van der Waals surface area contributed by atoms with Crippen LogP contribution < -0.4 is 10.6 Å². The van der Waals surface area contributed by atoms with Gasteiger partial charge < -0.3 is 15.4 Å². The van der Waals surface area contributed by atoms with Crippen molar-refractivity contribution in [3.05, 3.63) is 62.1 Å². The molecular formula is C20H15Cl3F6N2O2. The van der Waals surface area contributed by atoms with Gasteiger partial charge in [0.15, 0.2) is 0 Å². The molecule has 0 bridgehead atoms. The molecule has 2 aromatic rings. The highest BCUT2D eigenvalue weighted by atomic mass is 35.5. The predicted molar refractivity (Wildman–Crippen MR) is 112 cm³/mol. The average molecular weight is 536 g/mol. The van der Waals surface area contributed by atoms with Crippen LogP contribution in [0.25, 0.3) is 0 Å². The first kappa shape index (κ1) is 25.6. The van der Waals surface area contributed by atoms with Gasteiger partial charge in [-0.2, -0.15) is 26.3 Å². The van der Waals surface area contributed by atoms with Crippen molar-refractivity contribution in [3.63, 3.8) is 0 Å². The summed E-state index contributed by atoms with van der Waals surface area (Å²) in [5.74, 6) is 0. The Hall–Kier alpha value is -2.04. The first-order chi connectivity index (χ1) is 15.2. The number of nitrogens with two attached hydrogens (primary N) is 1. The fourth-order valence-electron chi connectivity index (χ4n) is 3.79. The third-order valence-electron chi connectivity index (χ3n) is 5.48. The highest BCUT2D eigenvalue weighted by Gasteiger charge is 2.59. The van der Waals surface area contributed by atoms with E-state index >= 15 is 0 Å². The molecule has 1 fully saturated rings. The molecule has 1 unspecified atom stereocenters. The minimum atomic E-state index is -4.84. The van der Waals surface area contributed by atoms with Crippen LogP contribution in [0.3, 0.4) is 0 Å². The number of carbonyl (C=O) groups is 1. The quantitative estimate of drug-likeness (QED) is 0.340. The van der Waals surface area contributed by atoms with E-state index in [-0.39, 0.29) is 38.4 Å². The maximum atomic E-state index is 14.3. The number of benzene rings is 2. The lowest BCUT2D eigenvalue weighted by atomic mass is 9.79. The molecule has 180 valence electrons. The lowest BCUT2D eigenvalue weighted by Gasteiger charge is -2.33. The minimum absolute atomic E-state index is 0.0811. The van der Waals surface area contributed by atoms with Gasteiger partial charge in [-0.3, -0.25) is 0 Å². The van der Waals surface area contributed by atoms with Crippen molar-refractivity contribution in [1.29, 1.82) is 0 Å². The van der Waals surface area contributed by atoms with Gasteiger partial charge in [-0.15, -0.1) is 0 Å². The van der Waals surface area contributed by atoms with Crippen molar-refractivity contribution >= 4 is 46.6 Å². The largest absolute Gasteiger partial charge is 0.445 e. The van der Waals surface area contributed by atoms with Crippen LogP contribution in [0.5, 0.6) is 0 Å². The van der Waals surface area contributed by atoms with E-state index in [0.29, 0.717) is 6.07 Å². The molecule has 33 heavy (non-hydrogen) atoms. The molecule has 1 heterocycles. The number of alkyl halides is 6. The Morgan fingerprint density at radius 2 is 1.67 bits per heavy atom. The number of rotatable bonds is 4. The lowest BCUT2D eigenvalue weighted by Crippen LogP contribution is -2.45.